The van der Waals surface area contributed by atoms with E-state index in [0.717, 1.165) is 28.8 Å². The van der Waals surface area contributed by atoms with Gasteiger partial charge in [-0.1, -0.05) is 36.4 Å². The number of alkyl halides is 3. The molecule has 4 rings (SSSR count). The van der Waals surface area contributed by atoms with Gasteiger partial charge < -0.3 is 14.6 Å². The number of rotatable bonds is 8. The van der Waals surface area contributed by atoms with Gasteiger partial charge in [-0.15, -0.1) is 0 Å². The van der Waals surface area contributed by atoms with Crippen molar-refractivity contribution >= 4 is 11.5 Å². The molecule has 196 valence electrons. The number of carboxylic acid groups (broad SMARTS) is 1. The molecule has 38 heavy (non-hydrogen) atoms. The molecule has 1 aliphatic carbocycles. The first-order chi connectivity index (χ1) is 18.1. The molecule has 3 aromatic carbocycles. The molecule has 0 atom stereocenters. The van der Waals surface area contributed by atoms with Crippen LogP contribution in [0.3, 0.4) is 0 Å². The predicted molar refractivity (Wildman–Crippen MR) is 141 cm³/mol. The molecule has 1 aliphatic rings. The lowest BCUT2D eigenvalue weighted by atomic mass is 10.0. The normalized spacial score (nSPS) is 13.1. The quantitative estimate of drug-likeness (QED) is 0.322. The Hall–Kier alpha value is -4.26. The van der Waals surface area contributed by atoms with Gasteiger partial charge in [-0.05, 0) is 91.4 Å². The third-order valence-electron chi connectivity index (χ3n) is 6.02. The van der Waals surface area contributed by atoms with Crippen LogP contribution in [0, 0.1) is 13.8 Å². The van der Waals surface area contributed by atoms with E-state index in [1.54, 1.807) is 30.4 Å². The summed E-state index contributed by atoms with van der Waals surface area (Å²) in [5, 5.41) is 8.93. The monoisotopic (exact) mass is 520 g/mol. The van der Waals surface area contributed by atoms with Gasteiger partial charge in [0.15, 0.2) is 0 Å². The number of hydrogen-bond donors (Lipinski definition) is 1. The van der Waals surface area contributed by atoms with Crippen LogP contribution in [0.5, 0.6) is 23.0 Å². The highest BCUT2D eigenvalue weighted by molar-refractivity contribution is 5.79. The molecule has 0 unspecified atom stereocenters. The molecular weight excluding hydrogens is 493 g/mol. The molecule has 0 saturated carbocycles. The maximum Gasteiger partial charge on any atom is 0.416 e. The highest BCUT2D eigenvalue weighted by Crippen LogP contribution is 2.39. The average molecular weight is 521 g/mol. The van der Waals surface area contributed by atoms with Crippen molar-refractivity contribution in [3.05, 3.63) is 113 Å². The fourth-order valence-corrected chi connectivity index (χ4v) is 4.15. The number of aliphatic carboxylic acids is 1. The number of ether oxygens (including phenoxy) is 2. The first-order valence-corrected chi connectivity index (χ1v) is 12.1. The number of carboxylic acids is 1. The van der Waals surface area contributed by atoms with E-state index in [-0.39, 0.29) is 6.42 Å². The van der Waals surface area contributed by atoms with Crippen LogP contribution in [0.1, 0.15) is 40.7 Å². The van der Waals surface area contributed by atoms with Gasteiger partial charge in [-0.25, -0.2) is 0 Å². The molecular formula is C31H27F3O4. The van der Waals surface area contributed by atoms with Gasteiger partial charge in [-0.2, -0.15) is 13.2 Å². The maximum atomic E-state index is 13.5. The summed E-state index contributed by atoms with van der Waals surface area (Å²) < 4.78 is 52.6. The van der Waals surface area contributed by atoms with E-state index in [9.17, 15) is 18.0 Å². The lowest BCUT2D eigenvalue weighted by Gasteiger charge is -2.16. The third-order valence-corrected chi connectivity index (χ3v) is 6.02. The molecule has 0 fully saturated rings. The third kappa shape index (κ3) is 6.94. The van der Waals surface area contributed by atoms with Gasteiger partial charge in [-0.3, -0.25) is 4.79 Å². The second kappa shape index (κ2) is 11.4. The second-order valence-corrected chi connectivity index (χ2v) is 9.06. The Morgan fingerprint density at radius 3 is 2.39 bits per heavy atom. The number of benzene rings is 3. The molecule has 0 spiro atoms. The van der Waals surface area contributed by atoms with Crippen LogP contribution < -0.4 is 9.47 Å². The van der Waals surface area contributed by atoms with E-state index in [4.69, 9.17) is 14.6 Å². The summed E-state index contributed by atoms with van der Waals surface area (Å²) in [4.78, 5) is 10.9. The highest BCUT2D eigenvalue weighted by Gasteiger charge is 2.31. The van der Waals surface area contributed by atoms with Crippen LogP contribution in [0.4, 0.5) is 13.2 Å². The van der Waals surface area contributed by atoms with Crippen molar-refractivity contribution in [2.24, 2.45) is 0 Å². The Morgan fingerprint density at radius 1 is 0.921 bits per heavy atom. The summed E-state index contributed by atoms with van der Waals surface area (Å²) in [6.07, 6.45) is 5.77. The van der Waals surface area contributed by atoms with Crippen LogP contribution in [-0.4, -0.2) is 11.1 Å². The van der Waals surface area contributed by atoms with E-state index in [1.165, 1.54) is 6.07 Å². The van der Waals surface area contributed by atoms with E-state index >= 15 is 0 Å². The molecule has 0 radical (unpaired) electrons. The lowest BCUT2D eigenvalue weighted by Crippen LogP contribution is -2.06. The van der Waals surface area contributed by atoms with Crippen molar-refractivity contribution in [3.8, 4) is 23.0 Å². The first kappa shape index (κ1) is 26.8. The summed E-state index contributed by atoms with van der Waals surface area (Å²) in [6, 6.07) is 14.2. The summed E-state index contributed by atoms with van der Waals surface area (Å²) in [5.41, 5.74) is 2.93. The molecule has 7 heteroatoms. The molecule has 0 amide bonds. The Labute approximate surface area is 219 Å². The first-order valence-electron chi connectivity index (χ1n) is 12.1. The summed E-state index contributed by atoms with van der Waals surface area (Å²) in [5.74, 6) is 0.952. The van der Waals surface area contributed by atoms with Crippen molar-refractivity contribution in [1.29, 1.82) is 0 Å². The van der Waals surface area contributed by atoms with Crippen LogP contribution >= 0.6 is 0 Å². The fourth-order valence-electron chi connectivity index (χ4n) is 4.15. The molecule has 0 saturated heterocycles. The molecule has 3 aromatic rings. The lowest BCUT2D eigenvalue weighted by molar-refractivity contribution is -0.138. The van der Waals surface area contributed by atoms with Crippen LogP contribution in [0.2, 0.25) is 0 Å². The number of carbonyl (C=O) groups is 1. The highest BCUT2D eigenvalue weighted by atomic mass is 19.4. The Balaban J connectivity index is 1.61. The summed E-state index contributed by atoms with van der Waals surface area (Å²) >= 11 is 0. The van der Waals surface area contributed by atoms with Gasteiger partial charge in [0.25, 0.3) is 0 Å². The van der Waals surface area contributed by atoms with E-state index in [1.807, 2.05) is 50.3 Å². The topological polar surface area (TPSA) is 55.8 Å². The standard InChI is InChI=1S/C31H27F3O4/c1-20-15-26(37-25-12-9-22(21(2)17-25)10-14-30(35)36)19-27(16-20)38-29-13-11-24(31(32,33)34)18-28(29)23-7-5-3-4-6-8-23/h3-5,7-9,11-13,15-19H,6,10,14H2,1-2H3,(H,35,36). The van der Waals surface area contributed by atoms with Gasteiger partial charge in [0.2, 0.25) is 0 Å². The minimum Gasteiger partial charge on any atom is -0.481 e. The number of hydrogen-bond acceptors (Lipinski definition) is 3. The van der Waals surface area contributed by atoms with Crippen LogP contribution in [-0.2, 0) is 17.4 Å². The Kier molecular flexibility index (Phi) is 8.05. The van der Waals surface area contributed by atoms with E-state index < -0.39 is 17.7 Å². The Bertz CT molecular complexity index is 1430. The van der Waals surface area contributed by atoms with Crippen LogP contribution in [0.25, 0.3) is 5.57 Å². The molecule has 0 heterocycles. The molecule has 1 N–H and O–H groups in total. The van der Waals surface area contributed by atoms with Crippen molar-refractivity contribution < 1.29 is 32.5 Å². The molecule has 4 nitrogen and oxygen atoms in total. The minimum atomic E-state index is -4.48. The zero-order valence-corrected chi connectivity index (χ0v) is 21.0. The smallest absolute Gasteiger partial charge is 0.416 e. The maximum absolute atomic E-state index is 13.5. The number of allylic oxidation sites excluding steroid dienone is 6. The summed E-state index contributed by atoms with van der Waals surface area (Å²) in [6.45, 7) is 3.77. The van der Waals surface area contributed by atoms with Crippen molar-refractivity contribution in [3.63, 3.8) is 0 Å². The van der Waals surface area contributed by atoms with Gasteiger partial charge in [0, 0.05) is 18.1 Å². The summed E-state index contributed by atoms with van der Waals surface area (Å²) in [7, 11) is 0. The van der Waals surface area contributed by atoms with Gasteiger partial charge >= 0.3 is 12.1 Å². The molecule has 0 bridgehead atoms. The zero-order valence-electron chi connectivity index (χ0n) is 21.0. The largest absolute Gasteiger partial charge is 0.481 e. The van der Waals surface area contributed by atoms with Crippen molar-refractivity contribution in [1.82, 2.24) is 0 Å². The van der Waals surface area contributed by atoms with Crippen molar-refractivity contribution in [2.75, 3.05) is 0 Å². The molecule has 0 aromatic heterocycles. The van der Waals surface area contributed by atoms with Gasteiger partial charge in [0.05, 0.1) is 5.56 Å². The fraction of sp³-hybridized carbons (Fsp3) is 0.194. The van der Waals surface area contributed by atoms with Crippen molar-refractivity contribution in [2.45, 2.75) is 39.3 Å². The van der Waals surface area contributed by atoms with Crippen LogP contribution in [0.15, 0.2) is 85.0 Å². The van der Waals surface area contributed by atoms with E-state index in [0.29, 0.717) is 47.0 Å². The predicted octanol–water partition coefficient (Wildman–Crippen LogP) is 8.82. The SMILES string of the molecule is Cc1cc(Oc2ccc(CCC(=O)O)c(C)c2)cc(Oc2ccc(C(F)(F)F)cc2C2=CCC=CC=C2)c1. The number of aryl methyl sites for hydroxylation is 3. The van der Waals surface area contributed by atoms with Gasteiger partial charge in [0.1, 0.15) is 23.0 Å². The van der Waals surface area contributed by atoms with E-state index in [2.05, 4.69) is 0 Å². The zero-order chi connectivity index (χ0) is 27.3. The molecule has 0 aliphatic heterocycles. The minimum absolute atomic E-state index is 0.0504. The number of halogens is 3. The second-order valence-electron chi connectivity index (χ2n) is 9.06. The average Bonchev–Trinajstić information content (AvgIpc) is 3.12. The Morgan fingerprint density at radius 2 is 1.68 bits per heavy atom.